The summed E-state index contributed by atoms with van der Waals surface area (Å²) < 4.78 is 1.32. The fourth-order valence-corrected chi connectivity index (χ4v) is 2.26. The van der Waals surface area contributed by atoms with E-state index in [0.717, 1.165) is 0 Å². The molecule has 0 saturated heterocycles. The maximum atomic E-state index is 5.54. The van der Waals surface area contributed by atoms with Crippen LogP contribution in [-0.4, -0.2) is 10.3 Å². The number of hydrogen-bond acceptors (Lipinski definition) is 0. The van der Waals surface area contributed by atoms with Gasteiger partial charge in [0.2, 0.25) is 0 Å². The molecule has 0 atom stereocenters. The second kappa shape index (κ2) is 14.8. The SMILES string of the molecule is ClCC=CCCCCCCCCCCI. The summed E-state index contributed by atoms with van der Waals surface area (Å²) in [5, 5.41) is 0. The quantitative estimate of drug-likeness (QED) is 0.195. The van der Waals surface area contributed by atoms with Gasteiger partial charge in [0.25, 0.3) is 0 Å². The van der Waals surface area contributed by atoms with Crippen LogP contribution in [0.25, 0.3) is 0 Å². The molecule has 90 valence electrons. The van der Waals surface area contributed by atoms with Crippen molar-refractivity contribution in [1.29, 1.82) is 0 Å². The highest BCUT2D eigenvalue weighted by Gasteiger charge is 1.91. The molecule has 0 nitrogen and oxygen atoms in total. The lowest BCUT2D eigenvalue weighted by atomic mass is 10.1. The molecule has 0 heterocycles. The summed E-state index contributed by atoms with van der Waals surface area (Å²) >= 11 is 8.00. The Morgan fingerprint density at radius 2 is 1.27 bits per heavy atom. The Hall–Kier alpha value is 0.760. The van der Waals surface area contributed by atoms with Crippen molar-refractivity contribution in [3.8, 4) is 0 Å². The van der Waals surface area contributed by atoms with Crippen LogP contribution in [-0.2, 0) is 0 Å². The van der Waals surface area contributed by atoms with Gasteiger partial charge in [-0.3, -0.25) is 0 Å². The van der Waals surface area contributed by atoms with Gasteiger partial charge in [-0.1, -0.05) is 73.3 Å². The Kier molecular flexibility index (Phi) is 15.5. The molecule has 0 aliphatic heterocycles. The Bertz CT molecular complexity index is 134. The number of rotatable bonds is 11. The minimum absolute atomic E-state index is 0.664. The molecule has 0 fully saturated rings. The Balaban J connectivity index is 2.89. The average Bonchev–Trinajstić information content (AvgIpc) is 2.26. The molecular weight excluding hydrogens is 318 g/mol. The lowest BCUT2D eigenvalue weighted by molar-refractivity contribution is 0.579. The lowest BCUT2D eigenvalue weighted by Crippen LogP contribution is -1.81. The highest BCUT2D eigenvalue weighted by molar-refractivity contribution is 14.1. The van der Waals surface area contributed by atoms with Crippen molar-refractivity contribution >= 4 is 34.2 Å². The van der Waals surface area contributed by atoms with Gasteiger partial charge in [0.1, 0.15) is 0 Å². The maximum Gasteiger partial charge on any atom is 0.0404 e. The first-order chi connectivity index (χ1) is 7.41. The van der Waals surface area contributed by atoms with Crippen molar-refractivity contribution in [2.45, 2.75) is 57.8 Å². The molecule has 2 heteroatoms. The van der Waals surface area contributed by atoms with Gasteiger partial charge >= 0.3 is 0 Å². The summed E-state index contributed by atoms with van der Waals surface area (Å²) in [6.07, 6.45) is 16.7. The highest BCUT2D eigenvalue weighted by atomic mass is 127. The third kappa shape index (κ3) is 14.8. The van der Waals surface area contributed by atoms with Crippen LogP contribution in [0.3, 0.4) is 0 Å². The predicted molar refractivity (Wildman–Crippen MR) is 80.3 cm³/mol. The second-order valence-corrected chi connectivity index (χ2v) is 5.32. The molecule has 0 aliphatic rings. The largest absolute Gasteiger partial charge is 0.122 e. The smallest absolute Gasteiger partial charge is 0.0404 e. The van der Waals surface area contributed by atoms with Crippen molar-refractivity contribution in [2.75, 3.05) is 10.3 Å². The van der Waals surface area contributed by atoms with Crippen LogP contribution in [0.4, 0.5) is 0 Å². The fourth-order valence-electron chi connectivity index (χ4n) is 1.60. The van der Waals surface area contributed by atoms with Crippen molar-refractivity contribution in [3.63, 3.8) is 0 Å². The zero-order valence-electron chi connectivity index (χ0n) is 9.69. The first kappa shape index (κ1) is 15.8. The van der Waals surface area contributed by atoms with Crippen LogP contribution in [0.1, 0.15) is 57.8 Å². The third-order valence-electron chi connectivity index (χ3n) is 2.51. The van der Waals surface area contributed by atoms with E-state index in [1.54, 1.807) is 0 Å². The summed E-state index contributed by atoms with van der Waals surface area (Å²) in [6.45, 7) is 0. The molecule has 15 heavy (non-hydrogen) atoms. The number of hydrogen-bond donors (Lipinski definition) is 0. The number of halogens is 2. The summed E-state index contributed by atoms with van der Waals surface area (Å²) in [5.74, 6) is 0.664. The van der Waals surface area contributed by atoms with E-state index in [-0.39, 0.29) is 0 Å². The minimum atomic E-state index is 0.664. The summed E-state index contributed by atoms with van der Waals surface area (Å²) in [4.78, 5) is 0. The molecule has 0 aliphatic carbocycles. The molecular formula is C13H24ClI. The van der Waals surface area contributed by atoms with Crippen molar-refractivity contribution in [2.24, 2.45) is 0 Å². The molecule has 0 aromatic heterocycles. The van der Waals surface area contributed by atoms with Gasteiger partial charge in [0.05, 0.1) is 0 Å². The van der Waals surface area contributed by atoms with Crippen LogP contribution >= 0.6 is 34.2 Å². The van der Waals surface area contributed by atoms with Gasteiger partial charge in [0.15, 0.2) is 0 Å². The van der Waals surface area contributed by atoms with E-state index >= 15 is 0 Å². The standard InChI is InChI=1S/C13H24ClI/c14-12-10-8-6-4-2-1-3-5-7-9-11-13-15/h8,10H,1-7,9,11-13H2. The molecule has 0 aromatic carbocycles. The average molecular weight is 343 g/mol. The Morgan fingerprint density at radius 1 is 0.733 bits per heavy atom. The summed E-state index contributed by atoms with van der Waals surface area (Å²) in [5.41, 5.74) is 0. The molecule has 0 unspecified atom stereocenters. The van der Waals surface area contributed by atoms with Crippen LogP contribution in [0, 0.1) is 0 Å². The minimum Gasteiger partial charge on any atom is -0.122 e. The molecule has 0 spiro atoms. The van der Waals surface area contributed by atoms with Gasteiger partial charge in [-0.05, 0) is 23.7 Å². The first-order valence-electron chi connectivity index (χ1n) is 6.18. The Labute approximate surface area is 114 Å². The topological polar surface area (TPSA) is 0 Å². The second-order valence-electron chi connectivity index (χ2n) is 3.93. The predicted octanol–water partition coefficient (Wildman–Crippen LogP) is 5.73. The molecule has 0 aromatic rings. The zero-order chi connectivity index (χ0) is 11.2. The van der Waals surface area contributed by atoms with Gasteiger partial charge in [0, 0.05) is 5.88 Å². The van der Waals surface area contributed by atoms with E-state index in [4.69, 9.17) is 11.6 Å². The molecule has 0 saturated carbocycles. The summed E-state index contributed by atoms with van der Waals surface area (Å²) in [7, 11) is 0. The van der Waals surface area contributed by atoms with Crippen LogP contribution in [0.15, 0.2) is 12.2 Å². The number of allylic oxidation sites excluding steroid dienone is 2. The first-order valence-corrected chi connectivity index (χ1v) is 8.24. The molecule has 0 rings (SSSR count). The van der Waals surface area contributed by atoms with E-state index in [0.29, 0.717) is 5.88 Å². The van der Waals surface area contributed by atoms with E-state index in [2.05, 4.69) is 28.7 Å². The molecule has 0 bridgehead atoms. The molecule has 0 radical (unpaired) electrons. The van der Waals surface area contributed by atoms with Gasteiger partial charge in [-0.25, -0.2) is 0 Å². The van der Waals surface area contributed by atoms with Gasteiger partial charge in [-0.2, -0.15) is 0 Å². The fraction of sp³-hybridized carbons (Fsp3) is 0.846. The highest BCUT2D eigenvalue weighted by Crippen LogP contribution is 2.10. The van der Waals surface area contributed by atoms with E-state index in [1.165, 1.54) is 62.2 Å². The molecule has 0 amide bonds. The number of alkyl halides is 2. The Morgan fingerprint density at radius 3 is 1.80 bits per heavy atom. The third-order valence-corrected chi connectivity index (χ3v) is 3.45. The lowest BCUT2D eigenvalue weighted by Gasteiger charge is -2.00. The van der Waals surface area contributed by atoms with Crippen molar-refractivity contribution in [1.82, 2.24) is 0 Å². The molecule has 0 N–H and O–H groups in total. The monoisotopic (exact) mass is 342 g/mol. The van der Waals surface area contributed by atoms with Crippen LogP contribution in [0.5, 0.6) is 0 Å². The van der Waals surface area contributed by atoms with E-state index in [1.807, 2.05) is 6.08 Å². The van der Waals surface area contributed by atoms with E-state index < -0.39 is 0 Å². The zero-order valence-corrected chi connectivity index (χ0v) is 12.6. The summed E-state index contributed by atoms with van der Waals surface area (Å²) in [6, 6.07) is 0. The van der Waals surface area contributed by atoms with Crippen molar-refractivity contribution in [3.05, 3.63) is 12.2 Å². The maximum absolute atomic E-state index is 5.54. The normalized spacial score (nSPS) is 11.3. The van der Waals surface area contributed by atoms with Crippen LogP contribution in [0.2, 0.25) is 0 Å². The van der Waals surface area contributed by atoms with Gasteiger partial charge in [-0.15, -0.1) is 11.6 Å². The van der Waals surface area contributed by atoms with E-state index in [9.17, 15) is 0 Å². The van der Waals surface area contributed by atoms with Crippen LogP contribution < -0.4 is 0 Å². The van der Waals surface area contributed by atoms with Crippen molar-refractivity contribution < 1.29 is 0 Å². The van der Waals surface area contributed by atoms with Gasteiger partial charge < -0.3 is 0 Å². The number of unbranched alkanes of at least 4 members (excludes halogenated alkanes) is 8.